The summed E-state index contributed by atoms with van der Waals surface area (Å²) >= 11 is 0. The molecule has 0 amide bonds. The van der Waals surface area contributed by atoms with Crippen molar-refractivity contribution >= 4 is 28.5 Å². The fourth-order valence-electron chi connectivity index (χ4n) is 2.96. The van der Waals surface area contributed by atoms with E-state index in [1.54, 1.807) is 10.6 Å². The number of aromatic nitrogens is 1. The van der Waals surface area contributed by atoms with Gasteiger partial charge in [-0.25, -0.2) is 14.0 Å². The smallest absolute Gasteiger partial charge is 0.341 e. The van der Waals surface area contributed by atoms with Crippen LogP contribution in [0.3, 0.4) is 0 Å². The van der Waals surface area contributed by atoms with Gasteiger partial charge in [0.25, 0.3) is 0 Å². The third-order valence-corrected chi connectivity index (χ3v) is 4.53. The number of nitrogens with zero attached hydrogens (tertiary/aromatic N) is 2. The summed E-state index contributed by atoms with van der Waals surface area (Å²) < 4.78 is 16.2. The van der Waals surface area contributed by atoms with E-state index >= 15 is 0 Å². The number of halogens is 1. The molecule has 1 aliphatic rings. The molecule has 158 valence electrons. The second kappa shape index (κ2) is 9.48. The minimum atomic E-state index is -1.30. The lowest BCUT2D eigenvalue weighted by Crippen LogP contribution is -2.43. The highest BCUT2D eigenvalue weighted by Crippen LogP contribution is 2.25. The molecule has 1 aromatic carbocycles. The van der Waals surface area contributed by atoms with Crippen molar-refractivity contribution in [3.8, 4) is 0 Å². The number of aliphatic hydroxyl groups excluding tert-OH is 1. The fraction of sp³-hybridized carbons (Fsp3) is 0.421. The van der Waals surface area contributed by atoms with Crippen LogP contribution in [0.5, 0.6) is 0 Å². The number of aromatic carboxylic acids is 1. The summed E-state index contributed by atoms with van der Waals surface area (Å²) in [5.41, 5.74) is 0.0118. The Hall–Kier alpha value is -2.98. The Bertz CT molecular complexity index is 967. The topological polar surface area (TPSA) is 132 Å². The van der Waals surface area contributed by atoms with E-state index in [2.05, 4.69) is 5.32 Å². The van der Waals surface area contributed by atoms with E-state index in [9.17, 15) is 18.8 Å². The predicted molar refractivity (Wildman–Crippen MR) is 105 cm³/mol. The predicted octanol–water partition coefficient (Wildman–Crippen LogP) is 0.720. The van der Waals surface area contributed by atoms with Gasteiger partial charge in [0.1, 0.15) is 17.5 Å². The van der Waals surface area contributed by atoms with Crippen LogP contribution in [-0.4, -0.2) is 64.1 Å². The van der Waals surface area contributed by atoms with E-state index in [1.165, 1.54) is 13.1 Å². The van der Waals surface area contributed by atoms with Gasteiger partial charge in [0.15, 0.2) is 0 Å². The summed E-state index contributed by atoms with van der Waals surface area (Å²) in [7, 11) is 0. The first-order valence-corrected chi connectivity index (χ1v) is 9.13. The third-order valence-electron chi connectivity index (χ3n) is 4.53. The molecule has 29 heavy (non-hydrogen) atoms. The summed E-state index contributed by atoms with van der Waals surface area (Å²) in [6.07, 6.45) is 0.0944. The maximum absolute atomic E-state index is 14.5. The number of pyridine rings is 1. The highest BCUT2D eigenvalue weighted by molar-refractivity contribution is 5.93. The van der Waals surface area contributed by atoms with E-state index in [-0.39, 0.29) is 10.9 Å². The first-order valence-electron chi connectivity index (χ1n) is 9.13. The van der Waals surface area contributed by atoms with Crippen LogP contribution in [0.1, 0.15) is 24.2 Å². The van der Waals surface area contributed by atoms with E-state index in [1.807, 2.05) is 11.8 Å². The molecule has 1 aromatic heterocycles. The maximum Gasteiger partial charge on any atom is 0.341 e. The molecule has 2 heterocycles. The van der Waals surface area contributed by atoms with Crippen molar-refractivity contribution in [3.63, 3.8) is 0 Å². The third kappa shape index (κ3) is 5.09. The van der Waals surface area contributed by atoms with Gasteiger partial charge in [-0.05, 0) is 26.0 Å². The lowest BCUT2D eigenvalue weighted by Gasteiger charge is -2.30. The first-order chi connectivity index (χ1) is 13.7. The number of aliphatic hydroxyl groups is 1. The van der Waals surface area contributed by atoms with Crippen molar-refractivity contribution in [2.75, 3.05) is 31.1 Å². The highest BCUT2D eigenvalue weighted by atomic mass is 19.1. The number of fused-ring (bicyclic) bond motifs is 1. The maximum atomic E-state index is 14.5. The second-order valence-electron chi connectivity index (χ2n) is 6.54. The largest absolute Gasteiger partial charge is 0.479 e. The van der Waals surface area contributed by atoms with Crippen molar-refractivity contribution in [2.45, 2.75) is 26.5 Å². The molecule has 0 spiro atoms. The quantitative estimate of drug-likeness (QED) is 0.581. The molecule has 1 saturated heterocycles. The van der Waals surface area contributed by atoms with Crippen LogP contribution < -0.4 is 15.6 Å². The van der Waals surface area contributed by atoms with Crippen LogP contribution in [0.25, 0.3) is 10.9 Å². The summed E-state index contributed by atoms with van der Waals surface area (Å²) in [5.74, 6) is -2.98. The molecule has 0 bridgehead atoms. The van der Waals surface area contributed by atoms with Gasteiger partial charge in [-0.2, -0.15) is 0 Å². The van der Waals surface area contributed by atoms with Gasteiger partial charge in [0, 0.05) is 44.3 Å². The molecule has 10 heteroatoms. The highest BCUT2D eigenvalue weighted by Gasteiger charge is 2.20. The molecule has 0 saturated carbocycles. The molecule has 0 aliphatic carbocycles. The normalized spacial score (nSPS) is 14.8. The summed E-state index contributed by atoms with van der Waals surface area (Å²) in [4.78, 5) is 34.9. The van der Waals surface area contributed by atoms with Gasteiger partial charge in [0.05, 0.1) is 11.2 Å². The Balaban J connectivity index is 0.000000438. The minimum Gasteiger partial charge on any atom is -0.479 e. The zero-order valence-corrected chi connectivity index (χ0v) is 16.2. The van der Waals surface area contributed by atoms with Crippen LogP contribution in [0.2, 0.25) is 0 Å². The van der Waals surface area contributed by atoms with Crippen molar-refractivity contribution < 1.29 is 29.3 Å². The number of hydrogen-bond acceptors (Lipinski definition) is 6. The molecular weight excluding hydrogens is 385 g/mol. The Morgan fingerprint density at radius 1 is 1.24 bits per heavy atom. The number of carboxylic acid groups (broad SMARTS) is 2. The van der Waals surface area contributed by atoms with Crippen LogP contribution in [0.15, 0.2) is 23.1 Å². The molecule has 2 aromatic rings. The van der Waals surface area contributed by atoms with Crippen molar-refractivity contribution in [3.05, 3.63) is 39.9 Å². The SMILES string of the molecule is CCn1cc(C(=O)O)c(=O)c2cc(F)c(N3CCNCC3)cc21.C[C@@H](O)C(=O)O. The number of hydrogen-bond donors (Lipinski definition) is 4. The monoisotopic (exact) mass is 409 g/mol. The molecule has 0 radical (unpaired) electrons. The van der Waals surface area contributed by atoms with Crippen molar-refractivity contribution in [2.24, 2.45) is 0 Å². The number of anilines is 1. The minimum absolute atomic E-state index is 0.100. The summed E-state index contributed by atoms with van der Waals surface area (Å²) in [5, 5.41) is 28.2. The lowest BCUT2D eigenvalue weighted by molar-refractivity contribution is -0.145. The van der Waals surface area contributed by atoms with Gasteiger partial charge in [0.2, 0.25) is 5.43 Å². The zero-order valence-electron chi connectivity index (χ0n) is 16.2. The standard InChI is InChI=1S/C16H18FN3O3.C3H6O3/c1-2-19-9-11(16(22)23)15(21)10-7-12(17)14(8-13(10)19)20-5-3-18-4-6-20;1-2(4)3(5)6/h7-9,18H,2-6H2,1H3,(H,22,23);2,4H,1H3,(H,5,6)/t;2-/m.1/s1. The number of nitrogens with one attached hydrogen (secondary N) is 1. The molecular formula is C19H24FN3O6. The molecule has 0 unspecified atom stereocenters. The van der Waals surface area contributed by atoms with E-state index in [0.717, 1.165) is 19.2 Å². The van der Waals surface area contributed by atoms with Crippen molar-refractivity contribution in [1.82, 2.24) is 9.88 Å². The van der Waals surface area contributed by atoms with Crippen LogP contribution >= 0.6 is 0 Å². The van der Waals surface area contributed by atoms with Gasteiger partial charge < -0.3 is 30.1 Å². The van der Waals surface area contributed by atoms with Crippen LogP contribution in [0, 0.1) is 5.82 Å². The van der Waals surface area contributed by atoms with Gasteiger partial charge in [-0.15, -0.1) is 0 Å². The Morgan fingerprint density at radius 3 is 2.31 bits per heavy atom. The number of rotatable bonds is 4. The number of aliphatic carboxylic acids is 1. The molecule has 9 nitrogen and oxygen atoms in total. The van der Waals surface area contributed by atoms with Gasteiger partial charge in [-0.1, -0.05) is 0 Å². The summed E-state index contributed by atoms with van der Waals surface area (Å²) in [6.45, 7) is 6.46. The summed E-state index contributed by atoms with van der Waals surface area (Å²) in [6, 6.07) is 2.81. The second-order valence-corrected chi connectivity index (χ2v) is 6.54. The molecule has 4 N–H and O–H groups in total. The Labute approximate surface area is 166 Å². The number of carbonyl (C=O) groups is 2. The molecule has 3 rings (SSSR count). The van der Waals surface area contributed by atoms with E-state index in [0.29, 0.717) is 30.8 Å². The number of aryl methyl sites for hydroxylation is 1. The average molecular weight is 409 g/mol. The van der Waals surface area contributed by atoms with Gasteiger partial charge in [-0.3, -0.25) is 4.79 Å². The van der Waals surface area contributed by atoms with Crippen LogP contribution in [-0.2, 0) is 11.3 Å². The molecule has 1 aliphatic heterocycles. The molecule has 1 fully saturated rings. The molecule has 1 atom stereocenters. The number of piperazine rings is 1. The van der Waals surface area contributed by atoms with Crippen LogP contribution in [0.4, 0.5) is 10.1 Å². The Morgan fingerprint density at radius 2 is 1.83 bits per heavy atom. The van der Waals surface area contributed by atoms with Gasteiger partial charge >= 0.3 is 11.9 Å². The van der Waals surface area contributed by atoms with E-state index < -0.39 is 29.3 Å². The van der Waals surface area contributed by atoms with Crippen molar-refractivity contribution in [1.29, 1.82) is 0 Å². The number of benzene rings is 1. The number of carboxylic acids is 2. The van der Waals surface area contributed by atoms with E-state index in [4.69, 9.17) is 15.3 Å². The fourth-order valence-corrected chi connectivity index (χ4v) is 2.96. The average Bonchev–Trinajstić information content (AvgIpc) is 2.69. The lowest BCUT2D eigenvalue weighted by atomic mass is 10.1. The Kier molecular flexibility index (Phi) is 7.29. The zero-order chi connectivity index (χ0) is 21.7. The first kappa shape index (κ1) is 22.3.